The molecule has 0 atom stereocenters. The Morgan fingerprint density at radius 2 is 1.91 bits per heavy atom. The molecule has 0 unspecified atom stereocenters. The molecule has 2 aromatic carbocycles. The Hall–Kier alpha value is -2.57. The maximum atomic E-state index is 13.0. The minimum atomic E-state index is -0.0566. The molecule has 0 aromatic heterocycles. The van der Waals surface area contributed by atoms with Crippen molar-refractivity contribution in [1.29, 1.82) is 0 Å². The van der Waals surface area contributed by atoms with Crippen molar-refractivity contribution >= 4 is 40.9 Å². The van der Waals surface area contributed by atoms with Crippen molar-refractivity contribution in [1.82, 2.24) is 10.2 Å². The van der Waals surface area contributed by atoms with Crippen molar-refractivity contribution in [3.05, 3.63) is 64.3 Å². The predicted molar refractivity (Wildman–Crippen MR) is 131 cm³/mol. The van der Waals surface area contributed by atoms with Crippen molar-refractivity contribution in [2.45, 2.75) is 51.7 Å². The predicted octanol–water partition coefficient (Wildman–Crippen LogP) is 5.71. The van der Waals surface area contributed by atoms with Gasteiger partial charge in [-0.15, -0.1) is 0 Å². The maximum absolute atomic E-state index is 13.0. The summed E-state index contributed by atoms with van der Waals surface area (Å²) in [5, 5.41) is 4.26. The highest BCUT2D eigenvalue weighted by molar-refractivity contribution is 7.80. The Morgan fingerprint density at radius 3 is 2.66 bits per heavy atom. The molecular weight excluding hydrogens is 444 g/mol. The van der Waals surface area contributed by atoms with Crippen LogP contribution in [0.4, 0.5) is 0 Å². The van der Waals surface area contributed by atoms with E-state index < -0.39 is 0 Å². The molecule has 1 aliphatic heterocycles. The zero-order valence-electron chi connectivity index (χ0n) is 18.1. The SMILES string of the molecule is CCOc1cc(/C=C2\NC(=S)N(C3CCCCC3)C2=O)ccc1OCc1ccccc1Cl. The summed E-state index contributed by atoms with van der Waals surface area (Å²) in [5.41, 5.74) is 2.23. The van der Waals surface area contributed by atoms with Crippen LogP contribution in [0.25, 0.3) is 6.08 Å². The fraction of sp³-hybridized carbons (Fsp3) is 0.360. The highest BCUT2D eigenvalue weighted by Crippen LogP contribution is 2.32. The summed E-state index contributed by atoms with van der Waals surface area (Å²) in [6.07, 6.45) is 7.34. The first-order valence-corrected chi connectivity index (χ1v) is 11.8. The summed E-state index contributed by atoms with van der Waals surface area (Å²) in [7, 11) is 0. The van der Waals surface area contributed by atoms with Crippen molar-refractivity contribution < 1.29 is 14.3 Å². The minimum absolute atomic E-state index is 0.0566. The van der Waals surface area contributed by atoms with E-state index in [-0.39, 0.29) is 11.9 Å². The molecule has 1 heterocycles. The zero-order chi connectivity index (χ0) is 22.5. The molecule has 1 saturated heterocycles. The van der Waals surface area contributed by atoms with Gasteiger partial charge in [-0.1, -0.05) is 55.1 Å². The molecule has 2 fully saturated rings. The number of halogens is 1. The molecule has 5 nitrogen and oxygen atoms in total. The molecule has 4 rings (SSSR count). The third-order valence-electron chi connectivity index (χ3n) is 5.77. The zero-order valence-corrected chi connectivity index (χ0v) is 19.7. The van der Waals surface area contributed by atoms with Gasteiger partial charge in [0.2, 0.25) is 0 Å². The summed E-state index contributed by atoms with van der Waals surface area (Å²) in [4.78, 5) is 14.8. The first-order valence-electron chi connectivity index (χ1n) is 11.1. The van der Waals surface area contributed by atoms with E-state index in [0.29, 0.717) is 40.5 Å². The van der Waals surface area contributed by atoms with Gasteiger partial charge in [-0.2, -0.15) is 0 Å². The van der Waals surface area contributed by atoms with E-state index in [2.05, 4.69) is 5.32 Å². The second-order valence-corrected chi connectivity index (χ2v) is 8.77. The number of carbonyl (C=O) groups is 1. The van der Waals surface area contributed by atoms with Crippen LogP contribution in [0.1, 0.15) is 50.2 Å². The van der Waals surface area contributed by atoms with Crippen LogP contribution in [0.2, 0.25) is 5.02 Å². The molecule has 0 spiro atoms. The van der Waals surface area contributed by atoms with E-state index in [0.717, 1.165) is 36.8 Å². The van der Waals surface area contributed by atoms with E-state index in [9.17, 15) is 4.79 Å². The second kappa shape index (κ2) is 10.4. The lowest BCUT2D eigenvalue weighted by Gasteiger charge is -2.29. The third-order valence-corrected chi connectivity index (χ3v) is 6.44. The Balaban J connectivity index is 1.51. The van der Waals surface area contributed by atoms with Crippen LogP contribution in [-0.2, 0) is 11.4 Å². The van der Waals surface area contributed by atoms with Crippen LogP contribution < -0.4 is 14.8 Å². The normalized spacial score (nSPS) is 18.2. The van der Waals surface area contributed by atoms with Crippen molar-refractivity contribution in [2.24, 2.45) is 0 Å². The molecule has 1 saturated carbocycles. The molecule has 1 amide bonds. The summed E-state index contributed by atoms with van der Waals surface area (Å²) < 4.78 is 11.8. The van der Waals surface area contributed by atoms with Gasteiger partial charge in [0.05, 0.1) is 6.61 Å². The number of hydrogen-bond acceptors (Lipinski definition) is 4. The van der Waals surface area contributed by atoms with E-state index in [1.54, 1.807) is 4.90 Å². The average molecular weight is 471 g/mol. The van der Waals surface area contributed by atoms with Crippen molar-refractivity contribution in [3.8, 4) is 11.5 Å². The molecule has 0 radical (unpaired) electrons. The minimum Gasteiger partial charge on any atom is -0.490 e. The molecule has 2 aliphatic rings. The van der Waals surface area contributed by atoms with Gasteiger partial charge in [0.15, 0.2) is 16.6 Å². The molecule has 7 heteroatoms. The van der Waals surface area contributed by atoms with Gasteiger partial charge in [-0.05, 0) is 61.8 Å². The lowest BCUT2D eigenvalue weighted by atomic mass is 9.94. The Morgan fingerprint density at radius 1 is 1.12 bits per heavy atom. The molecule has 1 aliphatic carbocycles. The quantitative estimate of drug-likeness (QED) is 0.415. The van der Waals surface area contributed by atoms with Crippen LogP contribution in [-0.4, -0.2) is 28.6 Å². The molecular formula is C25H27ClN2O3S. The topological polar surface area (TPSA) is 50.8 Å². The summed E-state index contributed by atoms with van der Waals surface area (Å²) in [6.45, 7) is 2.76. The Labute approximate surface area is 199 Å². The van der Waals surface area contributed by atoms with Gasteiger partial charge < -0.3 is 14.8 Å². The van der Waals surface area contributed by atoms with Gasteiger partial charge >= 0.3 is 0 Å². The van der Waals surface area contributed by atoms with Crippen LogP contribution in [0, 0.1) is 0 Å². The number of hydrogen-bond donors (Lipinski definition) is 1. The number of nitrogens with one attached hydrogen (secondary N) is 1. The van der Waals surface area contributed by atoms with E-state index >= 15 is 0 Å². The van der Waals surface area contributed by atoms with Crippen LogP contribution in [0.15, 0.2) is 48.2 Å². The van der Waals surface area contributed by atoms with Gasteiger partial charge in [0, 0.05) is 16.6 Å². The van der Waals surface area contributed by atoms with E-state index in [1.165, 1.54) is 6.42 Å². The molecule has 2 aromatic rings. The number of benzene rings is 2. The monoisotopic (exact) mass is 470 g/mol. The largest absolute Gasteiger partial charge is 0.490 e. The van der Waals surface area contributed by atoms with E-state index in [4.69, 9.17) is 33.3 Å². The van der Waals surface area contributed by atoms with Crippen LogP contribution >= 0.6 is 23.8 Å². The fourth-order valence-corrected chi connectivity index (χ4v) is 4.69. The van der Waals surface area contributed by atoms with Gasteiger partial charge in [-0.3, -0.25) is 9.69 Å². The lowest BCUT2D eigenvalue weighted by molar-refractivity contribution is -0.124. The molecule has 32 heavy (non-hydrogen) atoms. The number of nitrogens with zero attached hydrogens (tertiary/aromatic N) is 1. The fourth-order valence-electron chi connectivity index (χ4n) is 4.16. The first-order chi connectivity index (χ1) is 15.6. The second-order valence-electron chi connectivity index (χ2n) is 7.97. The van der Waals surface area contributed by atoms with Crippen LogP contribution in [0.3, 0.4) is 0 Å². The van der Waals surface area contributed by atoms with Gasteiger partial charge in [0.1, 0.15) is 12.3 Å². The maximum Gasteiger partial charge on any atom is 0.276 e. The smallest absolute Gasteiger partial charge is 0.276 e. The van der Waals surface area contributed by atoms with Gasteiger partial charge in [-0.25, -0.2) is 0 Å². The van der Waals surface area contributed by atoms with Gasteiger partial charge in [0.25, 0.3) is 5.91 Å². The number of amides is 1. The molecule has 0 bridgehead atoms. The summed E-state index contributed by atoms with van der Waals surface area (Å²) >= 11 is 11.7. The van der Waals surface area contributed by atoms with Crippen molar-refractivity contribution in [3.63, 3.8) is 0 Å². The molecule has 168 valence electrons. The Bertz CT molecular complexity index is 1030. The highest BCUT2D eigenvalue weighted by Gasteiger charge is 2.36. The van der Waals surface area contributed by atoms with E-state index in [1.807, 2.05) is 55.5 Å². The number of thiocarbonyl (C=S) groups is 1. The number of carbonyl (C=O) groups excluding carboxylic acids is 1. The molecule has 1 N–H and O–H groups in total. The summed E-state index contributed by atoms with van der Waals surface area (Å²) in [5.74, 6) is 1.18. The first kappa shape index (κ1) is 22.6. The number of rotatable bonds is 7. The third kappa shape index (κ3) is 5.08. The van der Waals surface area contributed by atoms with Crippen molar-refractivity contribution in [2.75, 3.05) is 6.61 Å². The van der Waals surface area contributed by atoms with Crippen LogP contribution in [0.5, 0.6) is 11.5 Å². The highest BCUT2D eigenvalue weighted by atomic mass is 35.5. The lowest BCUT2D eigenvalue weighted by Crippen LogP contribution is -2.41. The summed E-state index contributed by atoms with van der Waals surface area (Å²) in [6, 6.07) is 13.4. The average Bonchev–Trinajstić information content (AvgIpc) is 3.07. The number of ether oxygens (including phenoxy) is 2. The Kier molecular flexibility index (Phi) is 7.33. The standard InChI is InChI=1S/C25H27ClN2O3S/c1-2-30-23-15-17(12-13-22(23)31-16-18-8-6-7-11-20(18)26)14-21-24(29)28(25(32)27-21)19-9-4-3-5-10-19/h6-8,11-15,19H,2-5,9-10,16H2,1H3,(H,27,32)/b21-14-.